The molecule has 1 saturated heterocycles. The Labute approximate surface area is 115 Å². The number of benzene rings is 1. The minimum atomic E-state index is 0.185. The van der Waals surface area contributed by atoms with Crippen LogP contribution in [0.3, 0.4) is 0 Å². The molecule has 0 amide bonds. The van der Waals surface area contributed by atoms with Crippen molar-refractivity contribution in [1.82, 2.24) is 4.90 Å². The third-order valence-corrected chi connectivity index (χ3v) is 3.40. The lowest BCUT2D eigenvalue weighted by Crippen LogP contribution is -2.35. The molecule has 0 aliphatic carbocycles. The largest absolute Gasteiger partial charge is 0.496 e. The van der Waals surface area contributed by atoms with Crippen molar-refractivity contribution in [2.45, 2.75) is 25.9 Å². The lowest BCUT2D eigenvalue weighted by molar-refractivity contribution is 0.0339. The van der Waals surface area contributed by atoms with E-state index in [4.69, 9.17) is 15.2 Å². The van der Waals surface area contributed by atoms with E-state index in [-0.39, 0.29) is 6.04 Å². The van der Waals surface area contributed by atoms with Gasteiger partial charge in [-0.05, 0) is 25.0 Å². The Morgan fingerprint density at radius 2 is 2.11 bits per heavy atom. The van der Waals surface area contributed by atoms with E-state index in [1.165, 1.54) is 11.1 Å². The molecule has 1 aromatic carbocycles. The van der Waals surface area contributed by atoms with Crippen molar-refractivity contribution >= 4 is 0 Å². The molecule has 4 nitrogen and oxygen atoms in total. The number of rotatable bonds is 5. The zero-order valence-corrected chi connectivity index (χ0v) is 11.9. The van der Waals surface area contributed by atoms with Crippen LogP contribution in [-0.4, -0.2) is 44.4 Å². The predicted octanol–water partition coefficient (Wildman–Crippen LogP) is 1.42. The summed E-state index contributed by atoms with van der Waals surface area (Å²) in [6, 6.07) is 6.56. The van der Waals surface area contributed by atoms with Crippen LogP contribution in [0, 0.1) is 0 Å². The molecule has 0 bridgehead atoms. The van der Waals surface area contributed by atoms with Gasteiger partial charge in [-0.15, -0.1) is 0 Å². The molecule has 2 N–H and O–H groups in total. The second kappa shape index (κ2) is 6.89. The van der Waals surface area contributed by atoms with E-state index >= 15 is 0 Å². The second-order valence-corrected chi connectivity index (χ2v) is 5.22. The van der Waals surface area contributed by atoms with Crippen molar-refractivity contribution in [2.75, 3.05) is 33.4 Å². The number of methoxy groups -OCH3 is 1. The predicted molar refractivity (Wildman–Crippen MR) is 76.4 cm³/mol. The molecule has 1 atom stereocenters. The maximum absolute atomic E-state index is 5.87. The highest BCUT2D eigenvalue weighted by molar-refractivity contribution is 5.37. The third kappa shape index (κ3) is 4.20. The number of ether oxygens (including phenoxy) is 2. The minimum Gasteiger partial charge on any atom is -0.496 e. The van der Waals surface area contributed by atoms with E-state index in [0.717, 1.165) is 45.0 Å². The van der Waals surface area contributed by atoms with Crippen molar-refractivity contribution in [2.24, 2.45) is 5.73 Å². The topological polar surface area (TPSA) is 47.7 Å². The van der Waals surface area contributed by atoms with Gasteiger partial charge in [0, 0.05) is 31.2 Å². The minimum absolute atomic E-state index is 0.185. The Morgan fingerprint density at radius 1 is 1.37 bits per heavy atom. The lowest BCUT2D eigenvalue weighted by Gasteiger charge is -2.27. The zero-order valence-electron chi connectivity index (χ0n) is 11.9. The molecular weight excluding hydrogens is 240 g/mol. The Kier molecular flexibility index (Phi) is 5.19. The molecule has 1 unspecified atom stereocenters. The summed E-state index contributed by atoms with van der Waals surface area (Å²) in [5.74, 6) is 0.958. The van der Waals surface area contributed by atoms with Gasteiger partial charge in [-0.25, -0.2) is 0 Å². The van der Waals surface area contributed by atoms with Crippen LogP contribution in [0.5, 0.6) is 5.75 Å². The normalized spacial score (nSPS) is 18.3. The van der Waals surface area contributed by atoms with Crippen LogP contribution in [0.2, 0.25) is 0 Å². The Balaban J connectivity index is 2.10. The van der Waals surface area contributed by atoms with Gasteiger partial charge in [0.15, 0.2) is 0 Å². The van der Waals surface area contributed by atoms with Gasteiger partial charge in [0.25, 0.3) is 0 Å². The molecule has 1 aromatic rings. The molecular formula is C15H24N2O2. The van der Waals surface area contributed by atoms with Crippen molar-refractivity contribution in [3.05, 3.63) is 29.3 Å². The summed E-state index contributed by atoms with van der Waals surface area (Å²) in [6.07, 6.45) is 0.903. The van der Waals surface area contributed by atoms with Crippen molar-refractivity contribution in [3.63, 3.8) is 0 Å². The fourth-order valence-electron chi connectivity index (χ4n) is 2.45. The van der Waals surface area contributed by atoms with Crippen LogP contribution >= 0.6 is 0 Å². The number of morpholine rings is 1. The quantitative estimate of drug-likeness (QED) is 0.873. The number of hydrogen-bond acceptors (Lipinski definition) is 4. The molecule has 1 aliphatic rings. The monoisotopic (exact) mass is 264 g/mol. The first-order valence-electron chi connectivity index (χ1n) is 6.90. The van der Waals surface area contributed by atoms with E-state index in [2.05, 4.69) is 17.0 Å². The first-order chi connectivity index (χ1) is 9.19. The molecule has 1 heterocycles. The van der Waals surface area contributed by atoms with Crippen LogP contribution in [0.15, 0.2) is 18.2 Å². The van der Waals surface area contributed by atoms with Gasteiger partial charge in [0.2, 0.25) is 0 Å². The van der Waals surface area contributed by atoms with Crippen LogP contribution in [-0.2, 0) is 17.7 Å². The molecule has 0 aromatic heterocycles. The van der Waals surface area contributed by atoms with Crippen LogP contribution in [0.1, 0.15) is 18.1 Å². The second-order valence-electron chi connectivity index (χ2n) is 5.22. The van der Waals surface area contributed by atoms with Crippen LogP contribution in [0.25, 0.3) is 0 Å². The average Bonchev–Trinajstić information content (AvgIpc) is 2.39. The molecule has 1 fully saturated rings. The maximum atomic E-state index is 5.87. The van der Waals surface area contributed by atoms with Gasteiger partial charge in [-0.3, -0.25) is 4.90 Å². The molecule has 0 saturated carbocycles. The SMILES string of the molecule is COc1ccc(CC(C)N)cc1CN1CCOCC1. The fourth-order valence-corrected chi connectivity index (χ4v) is 2.45. The van der Waals surface area contributed by atoms with Crippen molar-refractivity contribution < 1.29 is 9.47 Å². The van der Waals surface area contributed by atoms with Crippen molar-refractivity contribution in [1.29, 1.82) is 0 Å². The molecule has 1 aliphatic heterocycles. The van der Waals surface area contributed by atoms with Crippen LogP contribution in [0.4, 0.5) is 0 Å². The number of nitrogens with zero attached hydrogens (tertiary/aromatic N) is 1. The maximum Gasteiger partial charge on any atom is 0.123 e. The molecule has 0 spiro atoms. The van der Waals surface area contributed by atoms with E-state index in [1.807, 2.05) is 13.0 Å². The average molecular weight is 264 g/mol. The summed E-state index contributed by atoms with van der Waals surface area (Å²) in [4.78, 5) is 2.40. The smallest absolute Gasteiger partial charge is 0.123 e. The summed E-state index contributed by atoms with van der Waals surface area (Å²) >= 11 is 0. The Morgan fingerprint density at radius 3 is 2.74 bits per heavy atom. The van der Waals surface area contributed by atoms with E-state index in [1.54, 1.807) is 7.11 Å². The summed E-state index contributed by atoms with van der Waals surface area (Å²) in [5, 5.41) is 0. The highest BCUT2D eigenvalue weighted by Crippen LogP contribution is 2.22. The van der Waals surface area contributed by atoms with E-state index in [0.29, 0.717) is 0 Å². The standard InChI is InChI=1S/C15H24N2O2/c1-12(16)9-13-3-4-15(18-2)14(10-13)11-17-5-7-19-8-6-17/h3-4,10,12H,5-9,11,16H2,1-2H3. The highest BCUT2D eigenvalue weighted by Gasteiger charge is 2.14. The lowest BCUT2D eigenvalue weighted by atomic mass is 10.0. The van der Waals surface area contributed by atoms with Gasteiger partial charge >= 0.3 is 0 Å². The summed E-state index contributed by atoms with van der Waals surface area (Å²) in [5.41, 5.74) is 8.39. The van der Waals surface area contributed by atoms with E-state index in [9.17, 15) is 0 Å². The Bertz CT molecular complexity index is 401. The van der Waals surface area contributed by atoms with Crippen molar-refractivity contribution in [3.8, 4) is 5.75 Å². The summed E-state index contributed by atoms with van der Waals surface area (Å²) < 4.78 is 10.8. The summed E-state index contributed by atoms with van der Waals surface area (Å²) in [7, 11) is 1.73. The van der Waals surface area contributed by atoms with Crippen LogP contribution < -0.4 is 10.5 Å². The van der Waals surface area contributed by atoms with Gasteiger partial charge in [-0.2, -0.15) is 0 Å². The molecule has 4 heteroatoms. The first kappa shape index (κ1) is 14.3. The molecule has 19 heavy (non-hydrogen) atoms. The fraction of sp³-hybridized carbons (Fsp3) is 0.600. The zero-order chi connectivity index (χ0) is 13.7. The summed E-state index contributed by atoms with van der Waals surface area (Å²) in [6.45, 7) is 6.57. The number of nitrogens with two attached hydrogens (primary N) is 1. The third-order valence-electron chi connectivity index (χ3n) is 3.40. The first-order valence-corrected chi connectivity index (χ1v) is 6.90. The molecule has 0 radical (unpaired) electrons. The Hall–Kier alpha value is -1.10. The molecule has 2 rings (SSSR count). The molecule has 106 valence electrons. The van der Waals surface area contributed by atoms with Gasteiger partial charge in [0.1, 0.15) is 5.75 Å². The number of hydrogen-bond donors (Lipinski definition) is 1. The van der Waals surface area contributed by atoms with Gasteiger partial charge in [-0.1, -0.05) is 12.1 Å². The van der Waals surface area contributed by atoms with Gasteiger partial charge < -0.3 is 15.2 Å². The highest BCUT2D eigenvalue weighted by atomic mass is 16.5. The van der Waals surface area contributed by atoms with Gasteiger partial charge in [0.05, 0.1) is 20.3 Å². The van der Waals surface area contributed by atoms with E-state index < -0.39 is 0 Å².